The fourth-order valence-corrected chi connectivity index (χ4v) is 2.10. The fraction of sp³-hybridized carbons (Fsp3) is 0.467. The molecule has 1 aromatic rings. The number of rotatable bonds is 4. The zero-order valence-electron chi connectivity index (χ0n) is 10.5. The van der Waals surface area contributed by atoms with Gasteiger partial charge in [0, 0.05) is 6.42 Å². The van der Waals surface area contributed by atoms with E-state index in [0.29, 0.717) is 18.3 Å². The average Bonchev–Trinajstić information content (AvgIpc) is 2.82. The van der Waals surface area contributed by atoms with Gasteiger partial charge in [-0.1, -0.05) is 38.1 Å². The van der Waals surface area contributed by atoms with Gasteiger partial charge in [0.15, 0.2) is 0 Å². The van der Waals surface area contributed by atoms with Crippen molar-refractivity contribution < 1.29 is 9.84 Å². The zero-order valence-corrected chi connectivity index (χ0v) is 10.5. The third-order valence-electron chi connectivity index (χ3n) is 2.94. The van der Waals surface area contributed by atoms with Gasteiger partial charge >= 0.3 is 0 Å². The monoisotopic (exact) mass is 232 g/mol. The SMILES string of the molecule is CC(C)Cc1ccc(C(O)C2=CCCO2)cc1. The summed E-state index contributed by atoms with van der Waals surface area (Å²) < 4.78 is 5.38. The molecule has 2 rings (SSSR count). The van der Waals surface area contributed by atoms with Gasteiger partial charge in [-0.05, 0) is 29.5 Å². The van der Waals surface area contributed by atoms with Gasteiger partial charge in [-0.15, -0.1) is 0 Å². The van der Waals surface area contributed by atoms with Crippen LogP contribution in [0.5, 0.6) is 0 Å². The topological polar surface area (TPSA) is 29.5 Å². The van der Waals surface area contributed by atoms with Gasteiger partial charge in [0.2, 0.25) is 0 Å². The molecule has 0 spiro atoms. The van der Waals surface area contributed by atoms with Crippen LogP contribution in [0, 0.1) is 5.92 Å². The maximum absolute atomic E-state index is 10.1. The number of ether oxygens (including phenoxy) is 1. The van der Waals surface area contributed by atoms with Gasteiger partial charge in [0.1, 0.15) is 11.9 Å². The van der Waals surface area contributed by atoms with Gasteiger partial charge in [0.25, 0.3) is 0 Å². The molecule has 0 bridgehead atoms. The van der Waals surface area contributed by atoms with E-state index < -0.39 is 6.10 Å². The summed E-state index contributed by atoms with van der Waals surface area (Å²) in [6, 6.07) is 8.16. The molecule has 1 unspecified atom stereocenters. The normalized spacial score (nSPS) is 16.8. The summed E-state index contributed by atoms with van der Waals surface area (Å²) in [7, 11) is 0. The van der Waals surface area contributed by atoms with Crippen molar-refractivity contribution in [3.8, 4) is 0 Å². The van der Waals surface area contributed by atoms with Crippen LogP contribution in [-0.2, 0) is 11.2 Å². The van der Waals surface area contributed by atoms with Crippen LogP contribution in [0.25, 0.3) is 0 Å². The van der Waals surface area contributed by atoms with Crippen LogP contribution in [0.15, 0.2) is 36.1 Å². The maximum atomic E-state index is 10.1. The second-order valence-electron chi connectivity index (χ2n) is 4.99. The molecule has 2 nitrogen and oxygen atoms in total. The van der Waals surface area contributed by atoms with Crippen LogP contribution >= 0.6 is 0 Å². The minimum absolute atomic E-state index is 0.606. The minimum atomic E-state index is -0.606. The highest BCUT2D eigenvalue weighted by Gasteiger charge is 2.17. The predicted molar refractivity (Wildman–Crippen MR) is 68.6 cm³/mol. The van der Waals surface area contributed by atoms with Crippen LogP contribution < -0.4 is 0 Å². The van der Waals surface area contributed by atoms with E-state index in [0.717, 1.165) is 18.4 Å². The highest BCUT2D eigenvalue weighted by atomic mass is 16.5. The van der Waals surface area contributed by atoms with Crippen molar-refractivity contribution in [2.75, 3.05) is 6.61 Å². The molecule has 1 N–H and O–H groups in total. The highest BCUT2D eigenvalue weighted by Crippen LogP contribution is 2.26. The second-order valence-corrected chi connectivity index (χ2v) is 4.99. The lowest BCUT2D eigenvalue weighted by Crippen LogP contribution is -2.02. The lowest BCUT2D eigenvalue weighted by Gasteiger charge is -2.13. The first kappa shape index (κ1) is 12.2. The molecule has 17 heavy (non-hydrogen) atoms. The Hall–Kier alpha value is -1.28. The molecule has 0 aromatic heterocycles. The molecule has 0 fully saturated rings. The smallest absolute Gasteiger partial charge is 0.136 e. The van der Waals surface area contributed by atoms with Crippen LogP contribution in [0.1, 0.15) is 37.5 Å². The Labute approximate surface area is 103 Å². The summed E-state index contributed by atoms with van der Waals surface area (Å²) in [5, 5.41) is 10.1. The molecule has 1 aliphatic rings. The van der Waals surface area contributed by atoms with Crippen LogP contribution in [0.4, 0.5) is 0 Å². The molecular formula is C15H20O2. The Morgan fingerprint density at radius 1 is 1.24 bits per heavy atom. The molecule has 0 saturated carbocycles. The molecule has 1 aromatic carbocycles. The predicted octanol–water partition coefficient (Wildman–Crippen LogP) is 3.22. The van der Waals surface area contributed by atoms with Gasteiger partial charge in [0.05, 0.1) is 6.61 Å². The summed E-state index contributed by atoms with van der Waals surface area (Å²) >= 11 is 0. The van der Waals surface area contributed by atoms with Crippen molar-refractivity contribution in [3.63, 3.8) is 0 Å². The first-order valence-corrected chi connectivity index (χ1v) is 6.26. The molecule has 1 atom stereocenters. The van der Waals surface area contributed by atoms with E-state index in [1.165, 1.54) is 5.56 Å². The van der Waals surface area contributed by atoms with Crippen LogP contribution in [0.3, 0.4) is 0 Å². The van der Waals surface area contributed by atoms with Gasteiger partial charge in [-0.2, -0.15) is 0 Å². The standard InChI is InChI=1S/C15H20O2/c1-11(2)10-12-5-7-13(8-6-12)15(16)14-4-3-9-17-14/h4-8,11,15-16H,3,9-10H2,1-2H3. The third-order valence-corrected chi connectivity index (χ3v) is 2.94. The Balaban J connectivity index is 2.06. The highest BCUT2D eigenvalue weighted by molar-refractivity contribution is 5.28. The molecule has 1 heterocycles. The lowest BCUT2D eigenvalue weighted by molar-refractivity contribution is 0.119. The zero-order chi connectivity index (χ0) is 12.3. The Morgan fingerprint density at radius 3 is 2.47 bits per heavy atom. The summed E-state index contributed by atoms with van der Waals surface area (Å²) in [6.45, 7) is 5.11. The third kappa shape index (κ3) is 3.10. The van der Waals surface area contributed by atoms with Crippen molar-refractivity contribution in [2.45, 2.75) is 32.8 Å². The van der Waals surface area contributed by atoms with Crippen molar-refractivity contribution in [1.29, 1.82) is 0 Å². The molecule has 0 amide bonds. The fourth-order valence-electron chi connectivity index (χ4n) is 2.10. The molecular weight excluding hydrogens is 212 g/mol. The van der Waals surface area contributed by atoms with E-state index in [4.69, 9.17) is 4.74 Å². The first-order valence-electron chi connectivity index (χ1n) is 6.26. The molecule has 2 heteroatoms. The number of aliphatic hydroxyl groups excluding tert-OH is 1. The van der Waals surface area contributed by atoms with E-state index >= 15 is 0 Å². The van der Waals surface area contributed by atoms with E-state index in [9.17, 15) is 5.11 Å². The molecule has 0 radical (unpaired) electrons. The van der Waals surface area contributed by atoms with Gasteiger partial charge in [-0.3, -0.25) is 0 Å². The quantitative estimate of drug-likeness (QED) is 0.863. The van der Waals surface area contributed by atoms with E-state index in [1.807, 2.05) is 18.2 Å². The Bertz CT molecular complexity index is 390. The van der Waals surface area contributed by atoms with Crippen LogP contribution in [0.2, 0.25) is 0 Å². The Kier molecular flexibility index (Phi) is 3.85. The average molecular weight is 232 g/mol. The van der Waals surface area contributed by atoms with Gasteiger partial charge in [-0.25, -0.2) is 0 Å². The molecule has 0 saturated heterocycles. The number of hydrogen-bond acceptors (Lipinski definition) is 2. The summed E-state index contributed by atoms with van der Waals surface area (Å²) in [6.07, 6.45) is 3.34. The molecule has 0 aliphatic carbocycles. The second kappa shape index (κ2) is 5.37. The maximum Gasteiger partial charge on any atom is 0.136 e. The first-order chi connectivity index (χ1) is 8.16. The summed E-state index contributed by atoms with van der Waals surface area (Å²) in [5.74, 6) is 1.35. The molecule has 92 valence electrons. The van der Waals surface area contributed by atoms with Crippen molar-refractivity contribution >= 4 is 0 Å². The number of aliphatic hydroxyl groups is 1. The summed E-state index contributed by atoms with van der Waals surface area (Å²) in [4.78, 5) is 0. The minimum Gasteiger partial charge on any atom is -0.495 e. The van der Waals surface area contributed by atoms with Crippen molar-refractivity contribution in [2.24, 2.45) is 5.92 Å². The van der Waals surface area contributed by atoms with Crippen LogP contribution in [-0.4, -0.2) is 11.7 Å². The number of benzene rings is 1. The summed E-state index contributed by atoms with van der Waals surface area (Å²) in [5.41, 5.74) is 2.22. The van der Waals surface area contributed by atoms with E-state index in [-0.39, 0.29) is 0 Å². The molecule has 1 aliphatic heterocycles. The number of hydrogen-bond donors (Lipinski definition) is 1. The van der Waals surface area contributed by atoms with E-state index in [2.05, 4.69) is 26.0 Å². The lowest BCUT2D eigenvalue weighted by atomic mass is 10.00. The Morgan fingerprint density at radius 2 is 1.94 bits per heavy atom. The van der Waals surface area contributed by atoms with Crippen molar-refractivity contribution in [1.82, 2.24) is 0 Å². The van der Waals surface area contributed by atoms with Crippen molar-refractivity contribution in [3.05, 3.63) is 47.2 Å². The van der Waals surface area contributed by atoms with E-state index in [1.54, 1.807) is 0 Å². The largest absolute Gasteiger partial charge is 0.495 e. The van der Waals surface area contributed by atoms with Gasteiger partial charge < -0.3 is 9.84 Å².